The Morgan fingerprint density at radius 1 is 1.28 bits per heavy atom. The third-order valence-electron chi connectivity index (χ3n) is 5.41. The molecular formula is C21H23N5O3. The van der Waals surface area contributed by atoms with E-state index < -0.39 is 4.92 Å². The molecular weight excluding hydrogens is 370 g/mol. The number of benzene rings is 2. The van der Waals surface area contributed by atoms with Crippen molar-refractivity contribution in [3.8, 4) is 0 Å². The van der Waals surface area contributed by atoms with E-state index in [1.54, 1.807) is 12.1 Å². The van der Waals surface area contributed by atoms with Gasteiger partial charge in [-0.3, -0.25) is 14.9 Å². The number of anilines is 1. The number of carbonyl (C=O) groups is 1. The predicted octanol–water partition coefficient (Wildman–Crippen LogP) is 3.64. The zero-order chi connectivity index (χ0) is 20.4. The molecule has 29 heavy (non-hydrogen) atoms. The number of nitro groups is 1. The van der Waals surface area contributed by atoms with E-state index in [2.05, 4.69) is 22.2 Å². The highest BCUT2D eigenvalue weighted by molar-refractivity contribution is 5.95. The quantitative estimate of drug-likeness (QED) is 0.509. The van der Waals surface area contributed by atoms with E-state index in [9.17, 15) is 14.9 Å². The molecule has 0 aliphatic carbocycles. The summed E-state index contributed by atoms with van der Waals surface area (Å²) < 4.78 is 0. The number of carbonyl (C=O) groups excluding carboxylic acids is 1. The number of imidazole rings is 1. The third-order valence-corrected chi connectivity index (χ3v) is 5.41. The lowest BCUT2D eigenvalue weighted by atomic mass is 9.98. The van der Waals surface area contributed by atoms with Gasteiger partial charge in [-0.1, -0.05) is 19.1 Å². The van der Waals surface area contributed by atoms with E-state index >= 15 is 0 Å². The molecule has 2 aromatic carbocycles. The highest BCUT2D eigenvalue weighted by Crippen LogP contribution is 2.32. The van der Waals surface area contributed by atoms with Gasteiger partial charge in [0.1, 0.15) is 11.5 Å². The molecule has 8 heteroatoms. The van der Waals surface area contributed by atoms with Crippen LogP contribution in [0.15, 0.2) is 42.5 Å². The molecule has 2 N–H and O–H groups in total. The Labute approximate surface area is 168 Å². The molecule has 4 rings (SSSR count). The van der Waals surface area contributed by atoms with Gasteiger partial charge >= 0.3 is 0 Å². The number of aromatic amines is 1. The maximum atomic E-state index is 12.5. The van der Waals surface area contributed by atoms with Gasteiger partial charge < -0.3 is 15.2 Å². The summed E-state index contributed by atoms with van der Waals surface area (Å²) in [6, 6.07) is 12.3. The van der Waals surface area contributed by atoms with Gasteiger partial charge in [-0.15, -0.1) is 0 Å². The fraction of sp³-hybridized carbons (Fsp3) is 0.333. The molecule has 1 amide bonds. The average Bonchev–Trinajstić information content (AvgIpc) is 3.15. The normalized spacial score (nSPS) is 14.9. The maximum absolute atomic E-state index is 12.5. The van der Waals surface area contributed by atoms with Gasteiger partial charge in [0.25, 0.3) is 11.6 Å². The second-order valence-corrected chi connectivity index (χ2v) is 7.51. The van der Waals surface area contributed by atoms with Crippen LogP contribution in [-0.2, 0) is 6.54 Å². The summed E-state index contributed by atoms with van der Waals surface area (Å²) in [4.78, 5) is 33.4. The zero-order valence-electron chi connectivity index (χ0n) is 16.2. The minimum absolute atomic E-state index is 0.0315. The summed E-state index contributed by atoms with van der Waals surface area (Å²) in [5.41, 5.74) is 2.54. The molecule has 8 nitrogen and oxygen atoms in total. The topological polar surface area (TPSA) is 104 Å². The van der Waals surface area contributed by atoms with Crippen molar-refractivity contribution in [1.29, 1.82) is 0 Å². The first kappa shape index (κ1) is 18.9. The Hall–Kier alpha value is -3.42. The first-order chi connectivity index (χ1) is 14.0. The van der Waals surface area contributed by atoms with Crippen LogP contribution in [0, 0.1) is 16.0 Å². The molecule has 3 aromatic rings. The molecule has 0 saturated carbocycles. The standard InChI is InChI=1S/C21H23N5O3/c1-14-8-10-25(11-9-14)18-7-6-15(12-19(18)26(28)29)21(27)22-13-20-23-16-4-2-3-5-17(16)24-20/h2-7,12,14H,8-11,13H2,1H3,(H,22,27)(H,23,24). The number of rotatable bonds is 5. The summed E-state index contributed by atoms with van der Waals surface area (Å²) in [6.07, 6.45) is 2.02. The predicted molar refractivity (Wildman–Crippen MR) is 111 cm³/mol. The van der Waals surface area contributed by atoms with Crippen molar-refractivity contribution in [1.82, 2.24) is 15.3 Å². The highest BCUT2D eigenvalue weighted by Gasteiger charge is 2.24. The number of fused-ring (bicyclic) bond motifs is 1. The number of nitrogens with zero attached hydrogens (tertiary/aromatic N) is 3. The van der Waals surface area contributed by atoms with E-state index in [4.69, 9.17) is 0 Å². The van der Waals surface area contributed by atoms with Crippen molar-refractivity contribution < 1.29 is 9.72 Å². The van der Waals surface area contributed by atoms with Gasteiger partial charge in [-0.05, 0) is 43.0 Å². The van der Waals surface area contributed by atoms with Crippen molar-refractivity contribution >= 4 is 28.3 Å². The number of hydrogen-bond acceptors (Lipinski definition) is 5. The maximum Gasteiger partial charge on any atom is 0.293 e. The first-order valence-electron chi connectivity index (χ1n) is 9.76. The fourth-order valence-electron chi connectivity index (χ4n) is 3.68. The molecule has 1 aliphatic rings. The minimum Gasteiger partial charge on any atom is -0.366 e. The molecule has 1 fully saturated rings. The monoisotopic (exact) mass is 393 g/mol. The van der Waals surface area contributed by atoms with Crippen LogP contribution in [0.5, 0.6) is 0 Å². The number of nitro benzene ring substituents is 1. The zero-order valence-corrected chi connectivity index (χ0v) is 16.2. The molecule has 1 saturated heterocycles. The Balaban J connectivity index is 1.49. The Bertz CT molecular complexity index is 1020. The van der Waals surface area contributed by atoms with Gasteiger partial charge in [-0.25, -0.2) is 4.98 Å². The van der Waals surface area contributed by atoms with Gasteiger partial charge in [0.05, 0.1) is 22.5 Å². The number of H-pyrrole nitrogens is 1. The van der Waals surface area contributed by atoms with Crippen LogP contribution in [0.25, 0.3) is 11.0 Å². The van der Waals surface area contributed by atoms with Crippen LogP contribution in [-0.4, -0.2) is 33.9 Å². The van der Waals surface area contributed by atoms with E-state index in [0.29, 0.717) is 17.4 Å². The summed E-state index contributed by atoms with van der Waals surface area (Å²) in [6.45, 7) is 3.99. The first-order valence-corrected chi connectivity index (χ1v) is 9.76. The molecule has 1 aliphatic heterocycles. The van der Waals surface area contributed by atoms with Crippen LogP contribution in [0.2, 0.25) is 0 Å². The number of nitrogens with one attached hydrogen (secondary N) is 2. The Morgan fingerprint density at radius 2 is 2.03 bits per heavy atom. The van der Waals surface area contributed by atoms with E-state index in [1.165, 1.54) is 6.07 Å². The van der Waals surface area contributed by atoms with Crippen LogP contribution in [0.4, 0.5) is 11.4 Å². The second kappa shape index (κ2) is 7.90. The van der Waals surface area contributed by atoms with Crippen molar-refractivity contribution in [2.24, 2.45) is 5.92 Å². The van der Waals surface area contributed by atoms with Crippen molar-refractivity contribution in [2.75, 3.05) is 18.0 Å². The van der Waals surface area contributed by atoms with E-state index in [-0.39, 0.29) is 23.7 Å². The molecule has 0 spiro atoms. The molecule has 2 heterocycles. The number of aromatic nitrogens is 2. The van der Waals surface area contributed by atoms with Gasteiger partial charge in [-0.2, -0.15) is 0 Å². The highest BCUT2D eigenvalue weighted by atomic mass is 16.6. The lowest BCUT2D eigenvalue weighted by molar-refractivity contribution is -0.384. The third kappa shape index (κ3) is 4.06. The van der Waals surface area contributed by atoms with Crippen LogP contribution >= 0.6 is 0 Å². The van der Waals surface area contributed by atoms with Crippen LogP contribution in [0.1, 0.15) is 35.9 Å². The summed E-state index contributed by atoms with van der Waals surface area (Å²) in [5, 5.41) is 14.4. The Kier molecular flexibility index (Phi) is 5.16. The minimum atomic E-state index is -0.413. The lowest BCUT2D eigenvalue weighted by Gasteiger charge is -2.31. The smallest absolute Gasteiger partial charge is 0.293 e. The van der Waals surface area contributed by atoms with E-state index in [1.807, 2.05) is 29.2 Å². The average molecular weight is 393 g/mol. The van der Waals surface area contributed by atoms with Crippen molar-refractivity contribution in [2.45, 2.75) is 26.3 Å². The van der Waals surface area contributed by atoms with Gasteiger partial charge in [0, 0.05) is 24.7 Å². The number of piperidine rings is 1. The van der Waals surface area contributed by atoms with Gasteiger partial charge in [0.15, 0.2) is 0 Å². The summed E-state index contributed by atoms with van der Waals surface area (Å²) in [7, 11) is 0. The molecule has 0 atom stereocenters. The second-order valence-electron chi connectivity index (χ2n) is 7.51. The van der Waals surface area contributed by atoms with E-state index in [0.717, 1.165) is 37.0 Å². The molecule has 1 aromatic heterocycles. The van der Waals surface area contributed by atoms with Crippen molar-refractivity contribution in [3.63, 3.8) is 0 Å². The summed E-state index contributed by atoms with van der Waals surface area (Å²) >= 11 is 0. The lowest BCUT2D eigenvalue weighted by Crippen LogP contribution is -2.33. The SMILES string of the molecule is CC1CCN(c2ccc(C(=O)NCc3nc4ccccc4[nH]3)cc2[N+](=O)[O-])CC1. The summed E-state index contributed by atoms with van der Waals surface area (Å²) in [5.74, 6) is 0.897. The number of hydrogen-bond donors (Lipinski definition) is 2. The van der Waals surface area contributed by atoms with Crippen LogP contribution in [0.3, 0.4) is 0 Å². The molecule has 150 valence electrons. The number of amides is 1. The van der Waals surface area contributed by atoms with Crippen LogP contribution < -0.4 is 10.2 Å². The molecule has 0 radical (unpaired) electrons. The molecule has 0 unspecified atom stereocenters. The fourth-order valence-corrected chi connectivity index (χ4v) is 3.68. The largest absolute Gasteiger partial charge is 0.366 e. The Morgan fingerprint density at radius 3 is 2.76 bits per heavy atom. The molecule has 0 bridgehead atoms. The number of para-hydroxylation sites is 2. The van der Waals surface area contributed by atoms with Crippen molar-refractivity contribution in [3.05, 3.63) is 64.0 Å². The van der Waals surface area contributed by atoms with Gasteiger partial charge in [0.2, 0.25) is 0 Å².